The average Bonchev–Trinajstić information content (AvgIpc) is 2.60. The lowest BCUT2D eigenvalue weighted by molar-refractivity contribution is -0.136. The number of Topliss-reactive ketones (excluding diaryl/α,β-unsaturated/α-hetero) is 1. The SMILES string of the molecule is CCOc1ccc(C(=O)C[C@H](SCc2ccc(Cl)cc2)C(=O)O)cc1. The largest absolute Gasteiger partial charge is 0.494 e. The molecule has 2 aromatic carbocycles. The van der Waals surface area contributed by atoms with Gasteiger partial charge >= 0.3 is 5.97 Å². The van der Waals surface area contributed by atoms with Crippen LogP contribution in [0.3, 0.4) is 0 Å². The minimum atomic E-state index is -0.988. The highest BCUT2D eigenvalue weighted by molar-refractivity contribution is 7.99. The highest BCUT2D eigenvalue weighted by Gasteiger charge is 2.22. The summed E-state index contributed by atoms with van der Waals surface area (Å²) in [5, 5.41) is 9.23. The molecule has 0 radical (unpaired) electrons. The van der Waals surface area contributed by atoms with E-state index in [-0.39, 0.29) is 12.2 Å². The van der Waals surface area contributed by atoms with Crippen LogP contribution in [0.25, 0.3) is 0 Å². The molecule has 0 aliphatic heterocycles. The Morgan fingerprint density at radius 2 is 1.76 bits per heavy atom. The van der Waals surface area contributed by atoms with Crippen molar-refractivity contribution in [2.45, 2.75) is 24.3 Å². The Labute approximate surface area is 156 Å². The Hall–Kier alpha value is -1.98. The Balaban J connectivity index is 1.96. The first-order valence-electron chi connectivity index (χ1n) is 7.84. The van der Waals surface area contributed by atoms with Crippen LogP contribution in [-0.2, 0) is 10.5 Å². The second-order valence-electron chi connectivity index (χ2n) is 5.35. The van der Waals surface area contributed by atoms with Crippen molar-refractivity contribution in [1.82, 2.24) is 0 Å². The number of hydrogen-bond donors (Lipinski definition) is 1. The van der Waals surface area contributed by atoms with Crippen molar-refractivity contribution in [2.75, 3.05) is 6.61 Å². The van der Waals surface area contributed by atoms with Crippen molar-refractivity contribution in [3.05, 3.63) is 64.7 Å². The van der Waals surface area contributed by atoms with E-state index in [9.17, 15) is 14.7 Å². The molecular weight excluding hydrogens is 360 g/mol. The number of ether oxygens (including phenoxy) is 1. The van der Waals surface area contributed by atoms with E-state index in [0.29, 0.717) is 28.7 Å². The predicted molar refractivity (Wildman–Crippen MR) is 101 cm³/mol. The molecule has 6 heteroatoms. The van der Waals surface area contributed by atoms with Gasteiger partial charge in [0.05, 0.1) is 6.61 Å². The third-order valence-electron chi connectivity index (χ3n) is 3.50. The first-order chi connectivity index (χ1) is 12.0. The Morgan fingerprint density at radius 1 is 1.12 bits per heavy atom. The number of hydrogen-bond acceptors (Lipinski definition) is 4. The second-order valence-corrected chi connectivity index (χ2v) is 6.98. The molecule has 0 aliphatic rings. The minimum Gasteiger partial charge on any atom is -0.494 e. The fourth-order valence-corrected chi connectivity index (χ4v) is 3.31. The van der Waals surface area contributed by atoms with Gasteiger partial charge in [-0.2, -0.15) is 0 Å². The standard InChI is InChI=1S/C19H19ClO4S/c1-2-24-16-9-5-14(6-10-16)17(21)11-18(19(22)23)25-12-13-3-7-15(20)8-4-13/h3-10,18H,2,11-12H2,1H3,(H,22,23)/t18-/m0/s1. The van der Waals surface area contributed by atoms with E-state index in [2.05, 4.69) is 0 Å². The molecule has 1 N–H and O–H groups in total. The Morgan fingerprint density at radius 3 is 2.32 bits per heavy atom. The van der Waals surface area contributed by atoms with Crippen LogP contribution < -0.4 is 4.74 Å². The molecule has 2 aromatic rings. The summed E-state index contributed by atoms with van der Waals surface area (Å²) in [4.78, 5) is 23.8. The van der Waals surface area contributed by atoms with E-state index in [1.807, 2.05) is 19.1 Å². The molecule has 0 aromatic heterocycles. The van der Waals surface area contributed by atoms with Crippen molar-refractivity contribution in [3.8, 4) is 5.75 Å². The number of thioether (sulfide) groups is 1. The molecule has 0 heterocycles. The number of carboxylic acids is 1. The minimum absolute atomic E-state index is 0.0540. The molecule has 0 saturated carbocycles. The number of halogens is 1. The zero-order chi connectivity index (χ0) is 18.2. The number of ketones is 1. The zero-order valence-electron chi connectivity index (χ0n) is 13.8. The summed E-state index contributed by atoms with van der Waals surface area (Å²) in [6.07, 6.45) is -0.0540. The molecule has 0 aliphatic carbocycles. The molecule has 2 rings (SSSR count). The molecule has 132 valence electrons. The third-order valence-corrected chi connectivity index (χ3v) is 5.02. The fourth-order valence-electron chi connectivity index (χ4n) is 2.18. The molecular formula is C19H19ClO4S. The van der Waals surface area contributed by atoms with E-state index >= 15 is 0 Å². The van der Waals surface area contributed by atoms with Gasteiger partial charge in [0.1, 0.15) is 11.0 Å². The number of rotatable bonds is 9. The lowest BCUT2D eigenvalue weighted by atomic mass is 10.1. The molecule has 0 bridgehead atoms. The zero-order valence-corrected chi connectivity index (χ0v) is 15.3. The van der Waals surface area contributed by atoms with Crippen LogP contribution in [0.2, 0.25) is 5.02 Å². The normalized spacial score (nSPS) is 11.8. The molecule has 0 spiro atoms. The van der Waals surface area contributed by atoms with Gasteiger partial charge in [0.2, 0.25) is 0 Å². The number of benzene rings is 2. The van der Waals surface area contributed by atoms with Gasteiger partial charge in [-0.15, -0.1) is 11.8 Å². The van der Waals surface area contributed by atoms with Crippen LogP contribution in [-0.4, -0.2) is 28.7 Å². The van der Waals surface area contributed by atoms with Crippen molar-refractivity contribution >= 4 is 35.1 Å². The summed E-state index contributed by atoms with van der Waals surface area (Å²) in [6, 6.07) is 14.0. The number of carbonyl (C=O) groups is 2. The van der Waals surface area contributed by atoms with Gasteiger partial charge in [-0.1, -0.05) is 23.7 Å². The summed E-state index contributed by atoms with van der Waals surface area (Å²) in [5.74, 6) is 0.00767. The molecule has 1 atom stereocenters. The molecule has 0 amide bonds. The quantitative estimate of drug-likeness (QED) is 0.641. The van der Waals surface area contributed by atoms with Crippen molar-refractivity contribution in [2.24, 2.45) is 0 Å². The van der Waals surface area contributed by atoms with Gasteiger partial charge in [-0.25, -0.2) is 0 Å². The summed E-state index contributed by atoms with van der Waals surface area (Å²) in [7, 11) is 0. The number of carbonyl (C=O) groups excluding carboxylic acids is 1. The van der Waals surface area contributed by atoms with Crippen LogP contribution >= 0.6 is 23.4 Å². The average molecular weight is 379 g/mol. The molecule has 0 fully saturated rings. The summed E-state index contributed by atoms with van der Waals surface area (Å²) >= 11 is 7.07. The fraction of sp³-hybridized carbons (Fsp3) is 0.263. The highest BCUT2D eigenvalue weighted by Crippen LogP contribution is 2.24. The van der Waals surface area contributed by atoms with E-state index in [0.717, 1.165) is 5.56 Å². The molecule has 0 unspecified atom stereocenters. The van der Waals surface area contributed by atoms with Crippen LogP contribution in [0.4, 0.5) is 0 Å². The van der Waals surface area contributed by atoms with Crippen molar-refractivity contribution in [3.63, 3.8) is 0 Å². The van der Waals surface area contributed by atoms with E-state index in [1.165, 1.54) is 11.8 Å². The summed E-state index contributed by atoms with van der Waals surface area (Å²) in [5.41, 5.74) is 1.45. The maximum Gasteiger partial charge on any atom is 0.317 e. The van der Waals surface area contributed by atoms with Gasteiger partial charge in [-0.3, -0.25) is 9.59 Å². The lowest BCUT2D eigenvalue weighted by Crippen LogP contribution is -2.21. The van der Waals surface area contributed by atoms with Crippen molar-refractivity contribution < 1.29 is 19.4 Å². The van der Waals surface area contributed by atoms with E-state index in [4.69, 9.17) is 16.3 Å². The highest BCUT2D eigenvalue weighted by atomic mass is 35.5. The first kappa shape index (κ1) is 19.3. The van der Waals surface area contributed by atoms with Crippen LogP contribution in [0.15, 0.2) is 48.5 Å². The smallest absolute Gasteiger partial charge is 0.317 e. The number of carboxylic acid groups (broad SMARTS) is 1. The van der Waals surface area contributed by atoms with E-state index < -0.39 is 11.2 Å². The van der Waals surface area contributed by atoms with Gasteiger partial charge in [-0.05, 0) is 48.9 Å². The van der Waals surface area contributed by atoms with Crippen LogP contribution in [0.5, 0.6) is 5.75 Å². The first-order valence-corrected chi connectivity index (χ1v) is 9.27. The van der Waals surface area contributed by atoms with Crippen LogP contribution in [0, 0.1) is 0 Å². The molecule has 25 heavy (non-hydrogen) atoms. The van der Waals surface area contributed by atoms with Gasteiger partial charge in [0.25, 0.3) is 0 Å². The van der Waals surface area contributed by atoms with Gasteiger partial charge < -0.3 is 9.84 Å². The third kappa shape index (κ3) is 6.11. The Bertz CT molecular complexity index is 713. The van der Waals surface area contributed by atoms with Crippen molar-refractivity contribution in [1.29, 1.82) is 0 Å². The van der Waals surface area contributed by atoms with Gasteiger partial charge in [0, 0.05) is 22.8 Å². The van der Waals surface area contributed by atoms with Crippen LogP contribution in [0.1, 0.15) is 29.3 Å². The number of aliphatic carboxylic acids is 1. The maximum absolute atomic E-state index is 12.3. The topological polar surface area (TPSA) is 63.6 Å². The molecule has 4 nitrogen and oxygen atoms in total. The predicted octanol–water partition coefficient (Wildman–Crippen LogP) is 4.70. The van der Waals surface area contributed by atoms with E-state index in [1.54, 1.807) is 36.4 Å². The lowest BCUT2D eigenvalue weighted by Gasteiger charge is -2.12. The Kier molecular flexibility index (Phi) is 7.34. The summed E-state index contributed by atoms with van der Waals surface area (Å²) in [6.45, 7) is 2.43. The second kappa shape index (κ2) is 9.49. The molecule has 0 saturated heterocycles. The summed E-state index contributed by atoms with van der Waals surface area (Å²) < 4.78 is 5.34. The van der Waals surface area contributed by atoms with Gasteiger partial charge in [0.15, 0.2) is 5.78 Å². The monoisotopic (exact) mass is 378 g/mol. The maximum atomic E-state index is 12.3.